The highest BCUT2D eigenvalue weighted by Crippen LogP contribution is 2.41. The van der Waals surface area contributed by atoms with E-state index >= 15 is 0 Å². The minimum Gasteiger partial charge on any atom is -0.460 e. The zero-order valence-corrected chi connectivity index (χ0v) is 23.6. The summed E-state index contributed by atoms with van der Waals surface area (Å²) in [7, 11) is 0. The van der Waals surface area contributed by atoms with Gasteiger partial charge in [-0.3, -0.25) is 4.79 Å². The Bertz CT molecular complexity index is 2230. The Balaban J connectivity index is 1.32. The molecular formula is C40H27NO2. The van der Waals surface area contributed by atoms with E-state index in [1.807, 2.05) is 0 Å². The Hall–Kier alpha value is -5.46. The molecule has 0 unspecified atom stereocenters. The van der Waals surface area contributed by atoms with Crippen molar-refractivity contribution in [2.45, 2.75) is 12.8 Å². The van der Waals surface area contributed by atoms with Gasteiger partial charge in [0.15, 0.2) is 5.41 Å². The molecule has 43 heavy (non-hydrogen) atoms. The number of nitriles is 1. The first-order valence-electron chi connectivity index (χ1n) is 14.6. The number of nitrogens with zero attached hydrogens (tertiary/aromatic N) is 1. The van der Waals surface area contributed by atoms with Gasteiger partial charge in [0.05, 0.1) is 6.07 Å². The number of ether oxygens (including phenoxy) is 1. The van der Waals surface area contributed by atoms with E-state index < -0.39 is 11.4 Å². The van der Waals surface area contributed by atoms with Crippen LogP contribution < -0.4 is 0 Å². The van der Waals surface area contributed by atoms with Gasteiger partial charge in [-0.15, -0.1) is 0 Å². The van der Waals surface area contributed by atoms with Crippen LogP contribution in [0.5, 0.6) is 0 Å². The summed E-state index contributed by atoms with van der Waals surface area (Å²) < 4.78 is 5.66. The van der Waals surface area contributed by atoms with Crippen molar-refractivity contribution >= 4 is 70.6 Å². The largest absolute Gasteiger partial charge is 0.460 e. The molecule has 0 spiro atoms. The summed E-state index contributed by atoms with van der Waals surface area (Å²) in [6.45, 7) is 3.78. The van der Waals surface area contributed by atoms with Gasteiger partial charge in [-0.25, -0.2) is 0 Å². The highest BCUT2D eigenvalue weighted by Gasteiger charge is 2.42. The van der Waals surface area contributed by atoms with Gasteiger partial charge in [-0.05, 0) is 75.8 Å². The second-order valence-corrected chi connectivity index (χ2v) is 11.6. The zero-order chi connectivity index (χ0) is 29.1. The maximum atomic E-state index is 13.9. The van der Waals surface area contributed by atoms with E-state index in [0.717, 1.165) is 32.7 Å². The molecule has 0 heterocycles. The molecule has 0 fully saturated rings. The molecule has 0 saturated carbocycles. The summed E-state index contributed by atoms with van der Waals surface area (Å²) in [5, 5.41) is 24.8. The Morgan fingerprint density at radius 2 is 1.02 bits per heavy atom. The van der Waals surface area contributed by atoms with Crippen molar-refractivity contribution < 1.29 is 9.53 Å². The molecule has 0 N–H and O–H groups in total. The molecule has 8 rings (SSSR count). The quantitative estimate of drug-likeness (QED) is 0.112. The average Bonchev–Trinajstić information content (AvgIpc) is 3.05. The second-order valence-electron chi connectivity index (χ2n) is 11.6. The zero-order valence-electron chi connectivity index (χ0n) is 23.6. The summed E-state index contributed by atoms with van der Waals surface area (Å²) in [6.07, 6.45) is 2.01. The van der Waals surface area contributed by atoms with Crippen molar-refractivity contribution in [3.8, 4) is 6.07 Å². The number of benzene rings is 8. The lowest BCUT2D eigenvalue weighted by Gasteiger charge is -2.27. The third kappa shape index (κ3) is 3.77. The van der Waals surface area contributed by atoms with E-state index in [1.165, 1.54) is 43.1 Å². The summed E-state index contributed by atoms with van der Waals surface area (Å²) in [5.41, 5.74) is 0.482. The molecule has 0 saturated heterocycles. The smallest absolute Gasteiger partial charge is 0.327 e. The molecular weight excluding hydrogens is 526 g/mol. The molecule has 8 aromatic carbocycles. The fraction of sp³-hybridized carbons (Fsp3) is 0.100. The van der Waals surface area contributed by atoms with E-state index in [9.17, 15) is 10.1 Å². The topological polar surface area (TPSA) is 50.1 Å². The molecule has 0 aliphatic carbocycles. The van der Waals surface area contributed by atoms with Gasteiger partial charge >= 0.3 is 5.97 Å². The van der Waals surface area contributed by atoms with Gasteiger partial charge in [-0.1, -0.05) is 122 Å². The van der Waals surface area contributed by atoms with Crippen LogP contribution in [0.2, 0.25) is 0 Å². The van der Waals surface area contributed by atoms with Crippen LogP contribution in [0.3, 0.4) is 0 Å². The SMILES string of the molecule is C=CCOC(=O)C(C#N)(Cc1ccc2ccc3cccc4ccc1c2c34)Cc1ccc2ccc3cccc4ccc1c2c34. The Morgan fingerprint density at radius 1 is 0.628 bits per heavy atom. The molecule has 3 heteroatoms. The number of carbonyl (C=O) groups is 1. The lowest BCUT2D eigenvalue weighted by Crippen LogP contribution is -2.36. The summed E-state index contributed by atoms with van der Waals surface area (Å²) in [6, 6.07) is 40.7. The van der Waals surface area contributed by atoms with Crippen LogP contribution in [0, 0.1) is 16.7 Å². The highest BCUT2D eigenvalue weighted by molar-refractivity contribution is 6.24. The number of rotatable bonds is 7. The van der Waals surface area contributed by atoms with Crippen LogP contribution >= 0.6 is 0 Å². The van der Waals surface area contributed by atoms with Gasteiger partial charge in [0, 0.05) is 12.8 Å². The normalized spacial score (nSPS) is 12.2. The van der Waals surface area contributed by atoms with Gasteiger partial charge in [0.2, 0.25) is 0 Å². The summed E-state index contributed by atoms with van der Waals surface area (Å²) in [4.78, 5) is 13.9. The Morgan fingerprint density at radius 3 is 1.44 bits per heavy atom. The maximum absolute atomic E-state index is 13.9. The van der Waals surface area contributed by atoms with E-state index in [-0.39, 0.29) is 19.4 Å². The van der Waals surface area contributed by atoms with Crippen molar-refractivity contribution in [1.29, 1.82) is 5.26 Å². The average molecular weight is 554 g/mol. The molecule has 3 nitrogen and oxygen atoms in total. The Kier molecular flexibility index (Phi) is 5.61. The van der Waals surface area contributed by atoms with Crippen molar-refractivity contribution in [2.24, 2.45) is 5.41 Å². The highest BCUT2D eigenvalue weighted by atomic mass is 16.5. The van der Waals surface area contributed by atoms with Gasteiger partial charge in [0.25, 0.3) is 0 Å². The lowest BCUT2D eigenvalue weighted by atomic mass is 9.75. The van der Waals surface area contributed by atoms with Crippen LogP contribution in [0.25, 0.3) is 64.6 Å². The van der Waals surface area contributed by atoms with Gasteiger partial charge < -0.3 is 4.74 Å². The van der Waals surface area contributed by atoms with E-state index in [2.05, 4.69) is 122 Å². The van der Waals surface area contributed by atoms with Crippen molar-refractivity contribution in [3.63, 3.8) is 0 Å². The predicted octanol–water partition coefficient (Wildman–Crippen LogP) is 9.51. The fourth-order valence-electron chi connectivity index (χ4n) is 7.15. The minimum atomic E-state index is -1.44. The molecule has 0 aliphatic rings. The molecule has 0 aliphatic heterocycles. The molecule has 0 atom stereocenters. The van der Waals surface area contributed by atoms with E-state index in [1.54, 1.807) is 6.08 Å². The Labute approximate surface area is 248 Å². The van der Waals surface area contributed by atoms with Crippen LogP contribution in [-0.2, 0) is 22.4 Å². The summed E-state index contributed by atoms with van der Waals surface area (Å²) in [5.74, 6) is -0.522. The van der Waals surface area contributed by atoms with Crippen LogP contribution in [0.4, 0.5) is 0 Å². The van der Waals surface area contributed by atoms with Crippen LogP contribution in [0.1, 0.15) is 11.1 Å². The standard InChI is InChI=1S/C40H27NO2/c1-2-21-43-39(42)40(24-41,22-31-15-13-29-11-9-25-5-3-7-27-17-19-33(31)37(29)35(25)27)23-32-16-14-30-12-10-26-6-4-8-28-18-20-34(32)38(30)36(26)28/h2-20H,1,21-23H2. The fourth-order valence-corrected chi connectivity index (χ4v) is 7.15. The number of hydrogen-bond donors (Lipinski definition) is 0. The maximum Gasteiger partial charge on any atom is 0.327 e. The van der Waals surface area contributed by atoms with E-state index in [4.69, 9.17) is 4.74 Å². The molecule has 204 valence electrons. The first-order chi connectivity index (χ1) is 21.1. The predicted molar refractivity (Wildman–Crippen MR) is 177 cm³/mol. The molecule has 0 aromatic heterocycles. The molecule has 8 aromatic rings. The monoisotopic (exact) mass is 553 g/mol. The van der Waals surface area contributed by atoms with Gasteiger partial charge in [0.1, 0.15) is 6.61 Å². The number of esters is 1. The van der Waals surface area contributed by atoms with Crippen molar-refractivity contribution in [1.82, 2.24) is 0 Å². The third-order valence-corrected chi connectivity index (χ3v) is 9.16. The lowest BCUT2D eigenvalue weighted by molar-refractivity contribution is -0.151. The van der Waals surface area contributed by atoms with Crippen molar-refractivity contribution in [3.05, 3.63) is 133 Å². The second kappa shape index (κ2) is 9.54. The first-order valence-corrected chi connectivity index (χ1v) is 14.6. The van der Waals surface area contributed by atoms with Crippen LogP contribution in [0.15, 0.2) is 122 Å². The van der Waals surface area contributed by atoms with Crippen molar-refractivity contribution in [2.75, 3.05) is 6.61 Å². The number of carbonyl (C=O) groups excluding carboxylic acids is 1. The van der Waals surface area contributed by atoms with Crippen LogP contribution in [-0.4, -0.2) is 12.6 Å². The van der Waals surface area contributed by atoms with Gasteiger partial charge in [-0.2, -0.15) is 5.26 Å². The first kappa shape index (κ1) is 25.3. The molecule has 0 bridgehead atoms. The molecule has 0 amide bonds. The minimum absolute atomic E-state index is 0.0548. The number of hydrogen-bond acceptors (Lipinski definition) is 3. The summed E-state index contributed by atoms with van der Waals surface area (Å²) >= 11 is 0. The van der Waals surface area contributed by atoms with E-state index in [0.29, 0.717) is 0 Å². The third-order valence-electron chi connectivity index (χ3n) is 9.16. The molecule has 0 radical (unpaired) electrons.